The summed E-state index contributed by atoms with van der Waals surface area (Å²) in [6.45, 7) is 6.91. The van der Waals surface area contributed by atoms with Gasteiger partial charge in [0.05, 0.1) is 12.2 Å². The highest BCUT2D eigenvalue weighted by Crippen LogP contribution is 2.23. The van der Waals surface area contributed by atoms with Crippen LogP contribution in [0.2, 0.25) is 0 Å². The van der Waals surface area contributed by atoms with E-state index in [0.717, 1.165) is 17.0 Å². The maximum atomic E-state index is 12.0. The molecule has 1 atom stereocenters. The lowest BCUT2D eigenvalue weighted by Crippen LogP contribution is -2.33. The third kappa shape index (κ3) is 3.63. The van der Waals surface area contributed by atoms with Gasteiger partial charge in [0.15, 0.2) is 0 Å². The first-order valence-corrected chi connectivity index (χ1v) is 6.97. The molecule has 1 fully saturated rings. The molecule has 2 N–H and O–H groups in total. The summed E-state index contributed by atoms with van der Waals surface area (Å²) in [7, 11) is 0. The Morgan fingerprint density at radius 3 is 2.80 bits per heavy atom. The van der Waals surface area contributed by atoms with Crippen molar-refractivity contribution in [2.75, 3.05) is 18.4 Å². The number of nitrogens with zero attached hydrogens (tertiary/aromatic N) is 1. The topological polar surface area (TPSA) is 61.8 Å². The van der Waals surface area contributed by atoms with Crippen LogP contribution in [0, 0.1) is 6.92 Å². The molecule has 0 aliphatic carbocycles. The Hall–Kier alpha value is -1.75. The van der Waals surface area contributed by atoms with Crippen molar-refractivity contribution in [2.24, 2.45) is 0 Å². The van der Waals surface area contributed by atoms with E-state index >= 15 is 0 Å². The van der Waals surface area contributed by atoms with Crippen molar-refractivity contribution >= 4 is 11.7 Å². The van der Waals surface area contributed by atoms with Crippen molar-refractivity contribution in [3.63, 3.8) is 0 Å². The van der Waals surface area contributed by atoms with Crippen molar-refractivity contribution in [3.8, 4) is 5.75 Å². The molecule has 1 aliphatic rings. The van der Waals surface area contributed by atoms with Gasteiger partial charge in [-0.15, -0.1) is 0 Å². The highest BCUT2D eigenvalue weighted by Gasteiger charge is 2.24. The number of β-amino-alcohol motifs (C(OH)–C–C–N with tert-alkyl or cyclic N) is 1. The van der Waals surface area contributed by atoms with Crippen LogP contribution in [0.3, 0.4) is 0 Å². The molecule has 20 heavy (non-hydrogen) atoms. The molecule has 1 aliphatic heterocycles. The number of carbonyl (C=O) groups excluding carboxylic acids is 1. The Balaban J connectivity index is 1.99. The van der Waals surface area contributed by atoms with E-state index in [0.29, 0.717) is 19.5 Å². The first kappa shape index (κ1) is 14.7. The molecule has 0 unspecified atom stereocenters. The number of hydrogen-bond acceptors (Lipinski definition) is 3. The molecular weight excluding hydrogens is 256 g/mol. The fourth-order valence-corrected chi connectivity index (χ4v) is 2.24. The van der Waals surface area contributed by atoms with Crippen molar-refractivity contribution in [2.45, 2.75) is 39.4 Å². The van der Waals surface area contributed by atoms with Gasteiger partial charge >= 0.3 is 6.03 Å². The van der Waals surface area contributed by atoms with E-state index in [4.69, 9.17) is 4.74 Å². The van der Waals surface area contributed by atoms with Gasteiger partial charge in [0.1, 0.15) is 5.75 Å². The predicted molar refractivity (Wildman–Crippen MR) is 78.2 cm³/mol. The van der Waals surface area contributed by atoms with Crippen molar-refractivity contribution in [3.05, 3.63) is 23.8 Å². The summed E-state index contributed by atoms with van der Waals surface area (Å²) in [6.07, 6.45) is 0.373. The van der Waals surface area contributed by atoms with Crippen LogP contribution in [0.1, 0.15) is 25.8 Å². The quantitative estimate of drug-likeness (QED) is 0.892. The normalized spacial score (nSPS) is 18.4. The molecule has 2 amide bonds. The molecular formula is C15H22N2O3. The van der Waals surface area contributed by atoms with E-state index < -0.39 is 6.10 Å². The Morgan fingerprint density at radius 1 is 1.50 bits per heavy atom. The van der Waals surface area contributed by atoms with Crippen LogP contribution >= 0.6 is 0 Å². The van der Waals surface area contributed by atoms with Gasteiger partial charge in [-0.3, -0.25) is 0 Å². The zero-order chi connectivity index (χ0) is 14.7. The lowest BCUT2D eigenvalue weighted by atomic mass is 10.2. The van der Waals surface area contributed by atoms with E-state index in [1.165, 1.54) is 0 Å². The Labute approximate surface area is 119 Å². The number of benzene rings is 1. The number of carbonyl (C=O) groups is 1. The second-order valence-electron chi connectivity index (χ2n) is 5.47. The number of urea groups is 1. The zero-order valence-electron chi connectivity index (χ0n) is 12.2. The maximum absolute atomic E-state index is 12.0. The molecule has 1 saturated heterocycles. The van der Waals surface area contributed by atoms with Crippen LogP contribution in [0.15, 0.2) is 18.2 Å². The molecule has 0 aromatic heterocycles. The third-order valence-electron chi connectivity index (χ3n) is 3.24. The van der Waals surface area contributed by atoms with Gasteiger partial charge in [-0.25, -0.2) is 4.79 Å². The minimum absolute atomic E-state index is 0.125. The maximum Gasteiger partial charge on any atom is 0.321 e. The number of amides is 2. The average Bonchev–Trinajstić information content (AvgIpc) is 2.79. The van der Waals surface area contributed by atoms with Crippen LogP contribution < -0.4 is 10.1 Å². The highest BCUT2D eigenvalue weighted by molar-refractivity contribution is 5.89. The second-order valence-corrected chi connectivity index (χ2v) is 5.47. The number of hydrogen-bond donors (Lipinski definition) is 2. The predicted octanol–water partition coefficient (Wildman–Crippen LogP) is 2.38. The van der Waals surface area contributed by atoms with E-state index in [1.54, 1.807) is 4.90 Å². The third-order valence-corrected chi connectivity index (χ3v) is 3.24. The van der Waals surface area contributed by atoms with E-state index in [2.05, 4.69) is 5.32 Å². The summed E-state index contributed by atoms with van der Waals surface area (Å²) in [5, 5.41) is 12.3. The minimum Gasteiger partial charge on any atom is -0.491 e. The summed E-state index contributed by atoms with van der Waals surface area (Å²) in [4.78, 5) is 13.6. The van der Waals surface area contributed by atoms with Crippen molar-refractivity contribution < 1.29 is 14.6 Å². The zero-order valence-corrected chi connectivity index (χ0v) is 12.2. The summed E-state index contributed by atoms with van der Waals surface area (Å²) in [5.41, 5.74) is 1.72. The van der Waals surface area contributed by atoms with Crippen molar-refractivity contribution in [1.29, 1.82) is 0 Å². The SMILES string of the molecule is Cc1cc(NC(=O)N2CC[C@@H](O)C2)ccc1OC(C)C. The average molecular weight is 278 g/mol. The molecule has 1 aromatic rings. The van der Waals surface area contributed by atoms with Gasteiger partial charge in [-0.1, -0.05) is 0 Å². The summed E-state index contributed by atoms with van der Waals surface area (Å²) in [5.74, 6) is 0.828. The first-order chi connectivity index (χ1) is 9.45. The fraction of sp³-hybridized carbons (Fsp3) is 0.533. The fourth-order valence-electron chi connectivity index (χ4n) is 2.24. The molecule has 0 saturated carbocycles. The number of anilines is 1. The number of ether oxygens (including phenoxy) is 1. The van der Waals surface area contributed by atoms with Gasteiger partial charge in [0.25, 0.3) is 0 Å². The van der Waals surface area contributed by atoms with Gasteiger partial charge in [-0.05, 0) is 51.0 Å². The molecule has 2 rings (SSSR count). The molecule has 1 heterocycles. The second kappa shape index (κ2) is 6.13. The monoisotopic (exact) mass is 278 g/mol. The van der Waals surface area contributed by atoms with Crippen LogP contribution in [0.5, 0.6) is 5.75 Å². The van der Waals surface area contributed by atoms with Crippen LogP contribution in [0.25, 0.3) is 0 Å². The molecule has 110 valence electrons. The van der Waals surface area contributed by atoms with E-state index in [-0.39, 0.29) is 12.1 Å². The van der Waals surface area contributed by atoms with Gasteiger partial charge < -0.3 is 20.1 Å². The standard InChI is InChI=1S/C15H22N2O3/c1-10(2)20-14-5-4-12(8-11(14)3)16-15(19)17-7-6-13(18)9-17/h4-5,8,10,13,18H,6-7,9H2,1-3H3,(H,16,19)/t13-/m1/s1. The summed E-state index contributed by atoms with van der Waals surface area (Å²) in [6, 6.07) is 5.42. The molecule has 5 heteroatoms. The molecule has 0 radical (unpaired) electrons. The van der Waals surface area contributed by atoms with Crippen molar-refractivity contribution in [1.82, 2.24) is 4.90 Å². The summed E-state index contributed by atoms with van der Waals surface area (Å²) >= 11 is 0. The number of aliphatic hydroxyl groups excluding tert-OH is 1. The van der Waals surface area contributed by atoms with Crippen LogP contribution in [-0.2, 0) is 0 Å². The minimum atomic E-state index is -0.399. The lowest BCUT2D eigenvalue weighted by molar-refractivity contribution is 0.176. The summed E-state index contributed by atoms with van der Waals surface area (Å²) < 4.78 is 5.66. The van der Waals surface area contributed by atoms with E-state index in [9.17, 15) is 9.90 Å². The number of likely N-dealkylation sites (tertiary alicyclic amines) is 1. The number of rotatable bonds is 3. The van der Waals surface area contributed by atoms with Crippen LogP contribution in [0.4, 0.5) is 10.5 Å². The van der Waals surface area contributed by atoms with Gasteiger partial charge in [-0.2, -0.15) is 0 Å². The molecule has 5 nitrogen and oxygen atoms in total. The smallest absolute Gasteiger partial charge is 0.321 e. The van der Waals surface area contributed by atoms with Crippen LogP contribution in [-0.4, -0.2) is 41.3 Å². The number of nitrogens with one attached hydrogen (secondary N) is 1. The Bertz CT molecular complexity index is 488. The number of aryl methyl sites for hydroxylation is 1. The number of aliphatic hydroxyl groups is 1. The first-order valence-electron chi connectivity index (χ1n) is 6.97. The molecule has 1 aromatic carbocycles. The Morgan fingerprint density at radius 2 is 2.25 bits per heavy atom. The van der Waals surface area contributed by atoms with Gasteiger partial charge in [0.2, 0.25) is 0 Å². The highest BCUT2D eigenvalue weighted by atomic mass is 16.5. The molecule has 0 bridgehead atoms. The largest absolute Gasteiger partial charge is 0.491 e. The van der Waals surface area contributed by atoms with Gasteiger partial charge in [0, 0.05) is 18.8 Å². The Kier molecular flexibility index (Phi) is 4.49. The molecule has 0 spiro atoms. The lowest BCUT2D eigenvalue weighted by Gasteiger charge is -2.18. The van der Waals surface area contributed by atoms with E-state index in [1.807, 2.05) is 39.0 Å².